The molecular formula is C19H19NO4. The molecule has 124 valence electrons. The molecule has 0 fully saturated rings. The molecule has 0 saturated carbocycles. The Bertz CT molecular complexity index is 744. The number of aryl methyl sites for hydroxylation is 2. The lowest BCUT2D eigenvalue weighted by atomic mass is 10.1. The third-order valence-electron chi connectivity index (χ3n) is 3.91. The summed E-state index contributed by atoms with van der Waals surface area (Å²) in [5.41, 5.74) is 2.90. The topological polar surface area (TPSA) is 66.8 Å². The smallest absolute Gasteiger partial charge is 0.261 e. The van der Waals surface area contributed by atoms with Crippen LogP contribution in [0.3, 0.4) is 0 Å². The van der Waals surface area contributed by atoms with E-state index in [0.717, 1.165) is 16.0 Å². The van der Waals surface area contributed by atoms with Gasteiger partial charge in [0.2, 0.25) is 0 Å². The number of benzene rings is 2. The van der Waals surface area contributed by atoms with Crippen molar-refractivity contribution in [3.63, 3.8) is 0 Å². The summed E-state index contributed by atoms with van der Waals surface area (Å²) in [7, 11) is 0. The number of amides is 2. The molecule has 2 aromatic rings. The molecule has 0 spiro atoms. The van der Waals surface area contributed by atoms with Crippen LogP contribution < -0.4 is 4.74 Å². The molecule has 5 heteroatoms. The number of aliphatic hydroxyl groups is 1. The lowest BCUT2D eigenvalue weighted by Crippen LogP contribution is -2.39. The first kappa shape index (κ1) is 16.2. The summed E-state index contributed by atoms with van der Waals surface area (Å²) in [4.78, 5) is 25.6. The maximum absolute atomic E-state index is 12.3. The Hall–Kier alpha value is -2.66. The van der Waals surface area contributed by atoms with Gasteiger partial charge in [-0.05, 0) is 49.2 Å². The molecule has 1 N–H and O–H groups in total. The van der Waals surface area contributed by atoms with Crippen LogP contribution in [-0.2, 0) is 0 Å². The minimum absolute atomic E-state index is 0.0102. The number of β-amino-alcohol motifs (C(OH)–C–C–N with tert-alkyl or cyclic N) is 1. The van der Waals surface area contributed by atoms with Crippen molar-refractivity contribution in [3.8, 4) is 5.75 Å². The van der Waals surface area contributed by atoms with E-state index in [0.29, 0.717) is 16.9 Å². The molecule has 0 aliphatic carbocycles. The van der Waals surface area contributed by atoms with Crippen LogP contribution >= 0.6 is 0 Å². The summed E-state index contributed by atoms with van der Waals surface area (Å²) in [6, 6.07) is 12.5. The van der Waals surface area contributed by atoms with E-state index in [1.807, 2.05) is 32.0 Å². The largest absolute Gasteiger partial charge is 0.491 e. The highest BCUT2D eigenvalue weighted by atomic mass is 16.5. The van der Waals surface area contributed by atoms with Gasteiger partial charge in [-0.3, -0.25) is 14.5 Å². The summed E-state index contributed by atoms with van der Waals surface area (Å²) in [5, 5.41) is 10.2. The van der Waals surface area contributed by atoms with Gasteiger partial charge in [0.1, 0.15) is 18.5 Å². The number of imide groups is 1. The van der Waals surface area contributed by atoms with E-state index in [-0.39, 0.29) is 25.0 Å². The van der Waals surface area contributed by atoms with Crippen molar-refractivity contribution in [2.45, 2.75) is 20.0 Å². The SMILES string of the molecule is Cc1cc(C)cc(OCC(O)CN2C(=O)c3ccccc3C2=O)c1. The van der Waals surface area contributed by atoms with Gasteiger partial charge in [-0.1, -0.05) is 18.2 Å². The fraction of sp³-hybridized carbons (Fsp3) is 0.263. The molecule has 0 saturated heterocycles. The van der Waals surface area contributed by atoms with Crippen LogP contribution in [0.25, 0.3) is 0 Å². The average Bonchev–Trinajstić information content (AvgIpc) is 2.78. The molecule has 1 unspecified atom stereocenters. The van der Waals surface area contributed by atoms with Crippen molar-refractivity contribution in [2.24, 2.45) is 0 Å². The fourth-order valence-electron chi connectivity index (χ4n) is 2.88. The summed E-state index contributed by atoms with van der Waals surface area (Å²) in [6.45, 7) is 3.86. The van der Waals surface area contributed by atoms with Crippen molar-refractivity contribution in [1.82, 2.24) is 4.90 Å². The third kappa shape index (κ3) is 3.16. The minimum Gasteiger partial charge on any atom is -0.491 e. The fourth-order valence-corrected chi connectivity index (χ4v) is 2.88. The van der Waals surface area contributed by atoms with Crippen LogP contribution in [0.1, 0.15) is 31.8 Å². The Balaban J connectivity index is 1.62. The second-order valence-electron chi connectivity index (χ2n) is 6.05. The molecule has 1 atom stereocenters. The van der Waals surface area contributed by atoms with E-state index in [1.54, 1.807) is 24.3 Å². The van der Waals surface area contributed by atoms with Crippen LogP contribution in [0.2, 0.25) is 0 Å². The van der Waals surface area contributed by atoms with Gasteiger partial charge in [0.05, 0.1) is 17.7 Å². The maximum Gasteiger partial charge on any atom is 0.261 e. The van der Waals surface area contributed by atoms with Gasteiger partial charge in [0.15, 0.2) is 0 Å². The number of fused-ring (bicyclic) bond motifs is 1. The van der Waals surface area contributed by atoms with Gasteiger partial charge in [-0.25, -0.2) is 0 Å². The number of nitrogens with zero attached hydrogens (tertiary/aromatic N) is 1. The van der Waals surface area contributed by atoms with Gasteiger partial charge in [-0.2, -0.15) is 0 Å². The van der Waals surface area contributed by atoms with E-state index < -0.39 is 6.10 Å². The van der Waals surface area contributed by atoms with E-state index in [2.05, 4.69) is 0 Å². The van der Waals surface area contributed by atoms with Gasteiger partial charge < -0.3 is 9.84 Å². The van der Waals surface area contributed by atoms with Crippen molar-refractivity contribution < 1.29 is 19.4 Å². The molecule has 0 bridgehead atoms. The van der Waals surface area contributed by atoms with Gasteiger partial charge >= 0.3 is 0 Å². The molecule has 2 aromatic carbocycles. The normalized spacial score (nSPS) is 14.7. The van der Waals surface area contributed by atoms with Crippen LogP contribution in [0, 0.1) is 13.8 Å². The monoisotopic (exact) mass is 325 g/mol. The second kappa shape index (κ2) is 6.45. The summed E-state index contributed by atoms with van der Waals surface area (Å²) in [6.07, 6.45) is -0.951. The Labute approximate surface area is 140 Å². The van der Waals surface area contributed by atoms with Gasteiger partial charge in [0, 0.05) is 0 Å². The molecule has 0 aromatic heterocycles. The van der Waals surface area contributed by atoms with Gasteiger partial charge in [0.25, 0.3) is 11.8 Å². The number of hydrogen-bond acceptors (Lipinski definition) is 4. The lowest BCUT2D eigenvalue weighted by Gasteiger charge is -2.19. The lowest BCUT2D eigenvalue weighted by molar-refractivity contribution is 0.0457. The molecule has 5 nitrogen and oxygen atoms in total. The number of aliphatic hydroxyl groups excluding tert-OH is 1. The Morgan fingerprint density at radius 2 is 1.54 bits per heavy atom. The first-order valence-corrected chi connectivity index (χ1v) is 7.80. The first-order chi connectivity index (χ1) is 11.5. The predicted octanol–water partition coefficient (Wildman–Crippen LogP) is 2.34. The Morgan fingerprint density at radius 1 is 1.00 bits per heavy atom. The molecule has 2 amide bonds. The maximum atomic E-state index is 12.3. The zero-order valence-corrected chi connectivity index (χ0v) is 13.7. The molecule has 1 heterocycles. The second-order valence-corrected chi connectivity index (χ2v) is 6.05. The average molecular weight is 325 g/mol. The van der Waals surface area contributed by atoms with E-state index >= 15 is 0 Å². The first-order valence-electron chi connectivity index (χ1n) is 7.80. The molecule has 24 heavy (non-hydrogen) atoms. The molecule has 0 radical (unpaired) electrons. The quantitative estimate of drug-likeness (QED) is 0.857. The Kier molecular flexibility index (Phi) is 4.36. The predicted molar refractivity (Wildman–Crippen MR) is 89.2 cm³/mol. The number of hydrogen-bond donors (Lipinski definition) is 1. The number of carbonyl (C=O) groups is 2. The highest BCUT2D eigenvalue weighted by Crippen LogP contribution is 2.23. The van der Waals surface area contributed by atoms with Crippen molar-refractivity contribution in [2.75, 3.05) is 13.2 Å². The molecule has 3 rings (SSSR count). The van der Waals surface area contributed by atoms with E-state index in [4.69, 9.17) is 4.74 Å². The van der Waals surface area contributed by atoms with Crippen LogP contribution in [-0.4, -0.2) is 41.1 Å². The van der Waals surface area contributed by atoms with Crippen molar-refractivity contribution in [3.05, 3.63) is 64.7 Å². The highest BCUT2D eigenvalue weighted by molar-refractivity contribution is 6.21. The highest BCUT2D eigenvalue weighted by Gasteiger charge is 2.36. The number of ether oxygens (including phenoxy) is 1. The van der Waals surface area contributed by atoms with Crippen molar-refractivity contribution >= 4 is 11.8 Å². The minimum atomic E-state index is -0.951. The summed E-state index contributed by atoms with van der Waals surface area (Å²) < 4.78 is 5.59. The van der Waals surface area contributed by atoms with Crippen LogP contribution in [0.4, 0.5) is 0 Å². The van der Waals surface area contributed by atoms with Crippen molar-refractivity contribution in [1.29, 1.82) is 0 Å². The van der Waals surface area contributed by atoms with Crippen LogP contribution in [0.5, 0.6) is 5.75 Å². The molecule has 1 aliphatic heterocycles. The van der Waals surface area contributed by atoms with Gasteiger partial charge in [-0.15, -0.1) is 0 Å². The van der Waals surface area contributed by atoms with Crippen LogP contribution in [0.15, 0.2) is 42.5 Å². The summed E-state index contributed by atoms with van der Waals surface area (Å²) >= 11 is 0. The zero-order valence-electron chi connectivity index (χ0n) is 13.7. The van der Waals surface area contributed by atoms with E-state index in [1.165, 1.54) is 0 Å². The number of rotatable bonds is 5. The number of carbonyl (C=O) groups excluding carboxylic acids is 2. The van der Waals surface area contributed by atoms with E-state index in [9.17, 15) is 14.7 Å². The third-order valence-corrected chi connectivity index (χ3v) is 3.91. The molecular weight excluding hydrogens is 306 g/mol. The zero-order chi connectivity index (χ0) is 17.3. The molecule has 1 aliphatic rings. The Morgan fingerprint density at radius 3 is 2.08 bits per heavy atom. The standard InChI is InChI=1S/C19H19NO4/c1-12-7-13(2)9-15(8-12)24-11-14(21)10-20-18(22)16-5-3-4-6-17(16)19(20)23/h3-9,14,21H,10-11H2,1-2H3. The summed E-state index contributed by atoms with van der Waals surface area (Å²) in [5.74, 6) is -0.0870.